The summed E-state index contributed by atoms with van der Waals surface area (Å²) in [4.78, 5) is 12.6. The van der Waals surface area contributed by atoms with Gasteiger partial charge in [-0.2, -0.15) is 15.3 Å². The minimum Gasteiger partial charge on any atom is -0.470 e. The van der Waals surface area contributed by atoms with E-state index in [2.05, 4.69) is 43.5 Å². The standard InChI is InChI=1S/C21H21BrClN7O2/c1-3-30-14(2)15(9-25-30)11-29-12-17(10-24-29)26-21(31)19-6-7-28(27-19)13-32-20-5-4-16(23)8-18(20)22/h4-10,12H,3,11,13H2,1-2H3,(H,26,31). The Bertz CT molecular complexity index is 1250. The van der Waals surface area contributed by atoms with Gasteiger partial charge in [0.05, 0.1) is 29.1 Å². The van der Waals surface area contributed by atoms with Gasteiger partial charge in [-0.25, -0.2) is 4.68 Å². The molecule has 4 aromatic rings. The summed E-state index contributed by atoms with van der Waals surface area (Å²) in [5.41, 5.74) is 3.05. The van der Waals surface area contributed by atoms with E-state index >= 15 is 0 Å². The van der Waals surface area contributed by atoms with Gasteiger partial charge in [0.1, 0.15) is 5.75 Å². The van der Waals surface area contributed by atoms with Crippen LogP contribution < -0.4 is 10.1 Å². The summed E-state index contributed by atoms with van der Waals surface area (Å²) in [5.74, 6) is 0.300. The largest absolute Gasteiger partial charge is 0.470 e. The molecule has 0 spiro atoms. The second-order valence-electron chi connectivity index (χ2n) is 7.04. The van der Waals surface area contributed by atoms with Gasteiger partial charge in [-0.1, -0.05) is 11.6 Å². The molecule has 4 rings (SSSR count). The topological polar surface area (TPSA) is 91.8 Å². The molecule has 166 valence electrons. The van der Waals surface area contributed by atoms with Crippen LogP contribution in [-0.2, 0) is 19.8 Å². The second-order valence-corrected chi connectivity index (χ2v) is 8.33. The van der Waals surface area contributed by atoms with Crippen LogP contribution in [0, 0.1) is 6.92 Å². The van der Waals surface area contributed by atoms with Crippen LogP contribution in [0.1, 0.15) is 28.7 Å². The number of benzene rings is 1. The van der Waals surface area contributed by atoms with Crippen LogP contribution >= 0.6 is 27.5 Å². The van der Waals surface area contributed by atoms with Gasteiger partial charge in [0, 0.05) is 35.2 Å². The zero-order valence-electron chi connectivity index (χ0n) is 17.5. The molecule has 0 unspecified atom stereocenters. The zero-order chi connectivity index (χ0) is 22.7. The fraction of sp³-hybridized carbons (Fsp3) is 0.238. The van der Waals surface area contributed by atoms with Crippen molar-refractivity contribution in [2.75, 3.05) is 5.32 Å². The Morgan fingerprint density at radius 2 is 2.06 bits per heavy atom. The van der Waals surface area contributed by atoms with Crippen LogP contribution in [0.3, 0.4) is 0 Å². The van der Waals surface area contributed by atoms with Crippen LogP contribution in [0.2, 0.25) is 5.02 Å². The number of carbonyl (C=O) groups excluding carboxylic acids is 1. The number of nitrogens with zero attached hydrogens (tertiary/aromatic N) is 6. The molecule has 0 saturated carbocycles. The molecule has 0 radical (unpaired) electrons. The number of aryl methyl sites for hydroxylation is 1. The van der Waals surface area contributed by atoms with Crippen molar-refractivity contribution in [2.24, 2.45) is 0 Å². The van der Waals surface area contributed by atoms with Crippen molar-refractivity contribution < 1.29 is 9.53 Å². The molecule has 0 bridgehead atoms. The SMILES string of the molecule is CCn1ncc(Cn2cc(NC(=O)c3ccn(COc4ccc(Cl)cc4Br)n3)cn2)c1C. The van der Waals surface area contributed by atoms with E-state index in [0.717, 1.165) is 22.3 Å². The average molecular weight is 519 g/mol. The van der Waals surface area contributed by atoms with Crippen molar-refractivity contribution in [1.82, 2.24) is 29.3 Å². The lowest BCUT2D eigenvalue weighted by Crippen LogP contribution is -2.14. The Balaban J connectivity index is 1.34. The van der Waals surface area contributed by atoms with E-state index in [1.54, 1.807) is 47.5 Å². The van der Waals surface area contributed by atoms with Gasteiger partial charge in [0.15, 0.2) is 12.4 Å². The molecule has 3 heterocycles. The van der Waals surface area contributed by atoms with E-state index in [9.17, 15) is 4.79 Å². The van der Waals surface area contributed by atoms with Crippen LogP contribution in [-0.4, -0.2) is 35.2 Å². The first kappa shape index (κ1) is 22.1. The van der Waals surface area contributed by atoms with Crippen molar-refractivity contribution in [3.63, 3.8) is 0 Å². The highest BCUT2D eigenvalue weighted by Crippen LogP contribution is 2.28. The zero-order valence-corrected chi connectivity index (χ0v) is 19.8. The van der Waals surface area contributed by atoms with Gasteiger partial charge in [-0.05, 0) is 54.0 Å². The smallest absolute Gasteiger partial charge is 0.276 e. The summed E-state index contributed by atoms with van der Waals surface area (Å²) in [6, 6.07) is 6.87. The lowest BCUT2D eigenvalue weighted by molar-refractivity contribution is 0.102. The van der Waals surface area contributed by atoms with E-state index in [1.165, 1.54) is 4.68 Å². The van der Waals surface area contributed by atoms with Crippen LogP contribution in [0.15, 0.2) is 53.5 Å². The summed E-state index contributed by atoms with van der Waals surface area (Å²) >= 11 is 9.34. The third kappa shape index (κ3) is 5.03. The number of carbonyl (C=O) groups is 1. The lowest BCUT2D eigenvalue weighted by Gasteiger charge is -2.08. The lowest BCUT2D eigenvalue weighted by atomic mass is 10.2. The van der Waals surface area contributed by atoms with Crippen LogP contribution in [0.5, 0.6) is 5.75 Å². The van der Waals surface area contributed by atoms with E-state index in [1.807, 2.05) is 17.8 Å². The summed E-state index contributed by atoms with van der Waals surface area (Å²) in [5, 5.41) is 16.4. The number of anilines is 1. The first-order chi connectivity index (χ1) is 15.4. The predicted octanol–water partition coefficient (Wildman–Crippen LogP) is 4.36. The van der Waals surface area contributed by atoms with Crippen molar-refractivity contribution in [2.45, 2.75) is 33.7 Å². The highest BCUT2D eigenvalue weighted by Gasteiger charge is 2.13. The fourth-order valence-corrected chi connectivity index (χ4v) is 3.92. The molecule has 0 aliphatic heterocycles. The summed E-state index contributed by atoms with van der Waals surface area (Å²) in [6.07, 6.45) is 6.90. The molecule has 32 heavy (non-hydrogen) atoms. The molecular weight excluding hydrogens is 498 g/mol. The molecule has 0 atom stereocenters. The quantitative estimate of drug-likeness (QED) is 0.374. The Hall–Kier alpha value is -3.11. The Morgan fingerprint density at radius 3 is 2.81 bits per heavy atom. The number of halogens is 2. The average Bonchev–Trinajstić information content (AvgIpc) is 3.49. The number of amides is 1. The molecule has 0 aliphatic carbocycles. The van der Waals surface area contributed by atoms with Crippen molar-refractivity contribution in [1.29, 1.82) is 0 Å². The number of nitrogens with one attached hydrogen (secondary N) is 1. The third-order valence-corrected chi connectivity index (χ3v) is 5.70. The van der Waals surface area contributed by atoms with E-state index in [0.29, 0.717) is 23.0 Å². The number of hydrogen-bond acceptors (Lipinski definition) is 5. The monoisotopic (exact) mass is 517 g/mol. The van der Waals surface area contributed by atoms with Crippen molar-refractivity contribution in [3.05, 3.63) is 75.5 Å². The molecule has 0 saturated heterocycles. The summed E-state index contributed by atoms with van der Waals surface area (Å²) in [6.45, 7) is 5.63. The first-order valence-corrected chi connectivity index (χ1v) is 11.1. The number of rotatable bonds is 8. The molecule has 11 heteroatoms. The molecule has 1 N–H and O–H groups in total. The minimum absolute atomic E-state index is 0.149. The van der Waals surface area contributed by atoms with Crippen molar-refractivity contribution >= 4 is 39.1 Å². The molecule has 0 fully saturated rings. The van der Waals surface area contributed by atoms with Crippen molar-refractivity contribution in [3.8, 4) is 5.75 Å². The molecule has 1 aromatic carbocycles. The van der Waals surface area contributed by atoms with E-state index in [4.69, 9.17) is 16.3 Å². The summed E-state index contributed by atoms with van der Waals surface area (Å²) < 4.78 is 11.7. The highest BCUT2D eigenvalue weighted by molar-refractivity contribution is 9.10. The maximum absolute atomic E-state index is 12.6. The molecule has 1 amide bonds. The maximum atomic E-state index is 12.6. The van der Waals surface area contributed by atoms with Crippen LogP contribution in [0.25, 0.3) is 0 Å². The second kappa shape index (κ2) is 9.58. The molecule has 3 aromatic heterocycles. The highest BCUT2D eigenvalue weighted by atomic mass is 79.9. The van der Waals surface area contributed by atoms with Gasteiger partial charge < -0.3 is 10.1 Å². The maximum Gasteiger partial charge on any atom is 0.276 e. The van der Waals surface area contributed by atoms with Gasteiger partial charge in [-0.15, -0.1) is 0 Å². The summed E-state index contributed by atoms with van der Waals surface area (Å²) in [7, 11) is 0. The number of aromatic nitrogens is 6. The third-order valence-electron chi connectivity index (χ3n) is 4.85. The first-order valence-electron chi connectivity index (χ1n) is 9.89. The van der Waals surface area contributed by atoms with E-state index in [-0.39, 0.29) is 18.3 Å². The van der Waals surface area contributed by atoms with Gasteiger partial charge >= 0.3 is 0 Å². The number of hydrogen-bond donors (Lipinski definition) is 1. The normalized spacial score (nSPS) is 11.0. The molecule has 9 nitrogen and oxygen atoms in total. The Morgan fingerprint density at radius 1 is 1.22 bits per heavy atom. The van der Waals surface area contributed by atoms with Gasteiger partial charge in [0.25, 0.3) is 5.91 Å². The van der Waals surface area contributed by atoms with Gasteiger partial charge in [-0.3, -0.25) is 14.2 Å². The van der Waals surface area contributed by atoms with E-state index < -0.39 is 0 Å². The van der Waals surface area contributed by atoms with Gasteiger partial charge in [0.2, 0.25) is 0 Å². The Kier molecular flexibility index (Phi) is 6.61. The predicted molar refractivity (Wildman–Crippen MR) is 124 cm³/mol. The molecule has 0 aliphatic rings. The Labute approximate surface area is 198 Å². The molecular formula is C21H21BrClN7O2. The number of ether oxygens (including phenoxy) is 1. The van der Waals surface area contributed by atoms with Crippen LogP contribution in [0.4, 0.5) is 5.69 Å². The minimum atomic E-state index is -0.328. The fourth-order valence-electron chi connectivity index (χ4n) is 3.13.